The predicted molar refractivity (Wildman–Crippen MR) is 121 cm³/mol. The van der Waals surface area contributed by atoms with Crippen LogP contribution in [0.4, 0.5) is 0 Å². The Hall–Kier alpha value is -2.47. The van der Waals surface area contributed by atoms with Crippen molar-refractivity contribution in [3.63, 3.8) is 0 Å². The van der Waals surface area contributed by atoms with Gasteiger partial charge >= 0.3 is 0 Å². The first kappa shape index (κ1) is 22.2. The molecule has 0 bridgehead atoms. The highest BCUT2D eigenvalue weighted by molar-refractivity contribution is 6.44. The van der Waals surface area contributed by atoms with Crippen LogP contribution in [0, 0.1) is 0 Å². The monoisotopic (exact) mass is 464 g/mol. The second kappa shape index (κ2) is 10.0. The SMILES string of the molecule is CC(C)c1ccc(OCC(=O)N/N=C\c2ccc(-c3cc(Cl)c(Cl)cc3Cl)o2)cc1. The number of ether oxygens (including phenoxy) is 1. The molecule has 0 spiro atoms. The first-order valence-corrected chi connectivity index (χ1v) is 10.3. The first-order valence-electron chi connectivity index (χ1n) is 9.13. The van der Waals surface area contributed by atoms with Crippen molar-refractivity contribution in [1.29, 1.82) is 0 Å². The zero-order chi connectivity index (χ0) is 21.7. The number of amides is 1. The third-order valence-corrected chi connectivity index (χ3v) is 5.23. The van der Waals surface area contributed by atoms with Crippen molar-refractivity contribution >= 4 is 46.9 Å². The average Bonchev–Trinajstić information content (AvgIpc) is 3.18. The normalized spacial score (nSPS) is 11.3. The number of rotatable bonds is 7. The molecule has 1 aromatic heterocycles. The molecule has 0 atom stereocenters. The van der Waals surface area contributed by atoms with Crippen molar-refractivity contribution < 1.29 is 13.9 Å². The van der Waals surface area contributed by atoms with Gasteiger partial charge in [-0.05, 0) is 47.9 Å². The Morgan fingerprint density at radius 2 is 1.77 bits per heavy atom. The van der Waals surface area contributed by atoms with Gasteiger partial charge in [0.05, 0.1) is 21.3 Å². The molecule has 5 nitrogen and oxygen atoms in total. The molecular weight excluding hydrogens is 447 g/mol. The topological polar surface area (TPSA) is 63.8 Å². The summed E-state index contributed by atoms with van der Waals surface area (Å²) >= 11 is 18.2. The number of carbonyl (C=O) groups is 1. The van der Waals surface area contributed by atoms with E-state index in [0.29, 0.717) is 43.8 Å². The van der Waals surface area contributed by atoms with Crippen LogP contribution in [0.15, 0.2) is 58.0 Å². The van der Waals surface area contributed by atoms with Crippen molar-refractivity contribution in [3.8, 4) is 17.1 Å². The van der Waals surface area contributed by atoms with Crippen LogP contribution in [0.2, 0.25) is 15.1 Å². The van der Waals surface area contributed by atoms with Crippen LogP contribution in [0.5, 0.6) is 5.75 Å². The summed E-state index contributed by atoms with van der Waals surface area (Å²) in [6.07, 6.45) is 1.38. The molecule has 0 radical (unpaired) electrons. The lowest BCUT2D eigenvalue weighted by molar-refractivity contribution is -0.123. The Bertz CT molecular complexity index is 1060. The van der Waals surface area contributed by atoms with Crippen LogP contribution in [-0.4, -0.2) is 18.7 Å². The fraction of sp³-hybridized carbons (Fsp3) is 0.182. The van der Waals surface area contributed by atoms with E-state index in [1.807, 2.05) is 24.3 Å². The quantitative estimate of drug-likeness (QED) is 0.244. The minimum atomic E-state index is -0.390. The maximum absolute atomic E-state index is 11.9. The molecule has 0 unspecified atom stereocenters. The molecule has 0 aliphatic rings. The molecular formula is C22H19Cl3N2O3. The van der Waals surface area contributed by atoms with Crippen LogP contribution in [-0.2, 0) is 4.79 Å². The molecule has 0 aliphatic heterocycles. The van der Waals surface area contributed by atoms with Crippen molar-refractivity contribution in [2.75, 3.05) is 6.61 Å². The Morgan fingerprint density at radius 3 is 2.47 bits per heavy atom. The predicted octanol–water partition coefficient (Wildman–Crippen LogP) is 6.56. The lowest BCUT2D eigenvalue weighted by Crippen LogP contribution is -2.24. The number of benzene rings is 2. The van der Waals surface area contributed by atoms with Gasteiger partial charge in [-0.3, -0.25) is 4.79 Å². The molecule has 1 amide bonds. The average molecular weight is 466 g/mol. The second-order valence-corrected chi connectivity index (χ2v) is 7.98. The van der Waals surface area contributed by atoms with Gasteiger partial charge in [-0.2, -0.15) is 5.10 Å². The molecule has 3 rings (SSSR count). The molecule has 0 saturated heterocycles. The van der Waals surface area contributed by atoms with E-state index in [1.54, 1.807) is 24.3 Å². The molecule has 8 heteroatoms. The summed E-state index contributed by atoms with van der Waals surface area (Å²) < 4.78 is 11.1. The smallest absolute Gasteiger partial charge is 0.277 e. The second-order valence-electron chi connectivity index (χ2n) is 6.75. The van der Waals surface area contributed by atoms with Crippen LogP contribution in [0.3, 0.4) is 0 Å². The Labute approximate surface area is 189 Å². The maximum Gasteiger partial charge on any atom is 0.277 e. The number of nitrogens with one attached hydrogen (secondary N) is 1. The van der Waals surface area contributed by atoms with Crippen molar-refractivity contribution in [1.82, 2.24) is 5.43 Å². The molecule has 2 aromatic carbocycles. The zero-order valence-electron chi connectivity index (χ0n) is 16.3. The summed E-state index contributed by atoms with van der Waals surface area (Å²) in [7, 11) is 0. The molecule has 3 aromatic rings. The summed E-state index contributed by atoms with van der Waals surface area (Å²) in [5.74, 6) is 1.59. The van der Waals surface area contributed by atoms with Gasteiger partial charge in [0.2, 0.25) is 0 Å². The Morgan fingerprint density at radius 1 is 1.07 bits per heavy atom. The maximum atomic E-state index is 11.9. The number of nitrogens with zero attached hydrogens (tertiary/aromatic N) is 1. The fourth-order valence-corrected chi connectivity index (χ4v) is 3.22. The van der Waals surface area contributed by atoms with Gasteiger partial charge in [-0.15, -0.1) is 0 Å². The molecule has 156 valence electrons. The minimum Gasteiger partial charge on any atom is -0.484 e. The van der Waals surface area contributed by atoms with E-state index in [0.717, 1.165) is 0 Å². The summed E-state index contributed by atoms with van der Waals surface area (Å²) in [4.78, 5) is 11.9. The fourth-order valence-electron chi connectivity index (χ4n) is 2.58. The van der Waals surface area contributed by atoms with Crippen molar-refractivity contribution in [2.45, 2.75) is 19.8 Å². The zero-order valence-corrected chi connectivity index (χ0v) is 18.6. The molecule has 1 N–H and O–H groups in total. The highest BCUT2D eigenvalue weighted by Crippen LogP contribution is 2.35. The minimum absolute atomic E-state index is 0.152. The summed E-state index contributed by atoms with van der Waals surface area (Å²) in [6, 6.07) is 14.2. The number of hydrogen-bond acceptors (Lipinski definition) is 4. The van der Waals surface area contributed by atoms with Crippen molar-refractivity contribution in [3.05, 3.63) is 74.9 Å². The number of hydrazone groups is 1. The standard InChI is InChI=1S/C22H19Cl3N2O3/c1-13(2)14-3-5-15(6-4-14)29-12-22(28)27-26-11-16-7-8-21(30-16)17-9-19(24)20(25)10-18(17)23/h3-11,13H,12H2,1-2H3,(H,27,28)/b26-11-. The number of carbonyl (C=O) groups excluding carboxylic acids is 1. The van der Waals surface area contributed by atoms with E-state index < -0.39 is 5.91 Å². The Balaban J connectivity index is 1.53. The van der Waals surface area contributed by atoms with E-state index in [9.17, 15) is 4.79 Å². The van der Waals surface area contributed by atoms with Gasteiger partial charge in [0, 0.05) is 5.56 Å². The van der Waals surface area contributed by atoms with E-state index in [2.05, 4.69) is 24.4 Å². The van der Waals surface area contributed by atoms with Gasteiger partial charge in [0.25, 0.3) is 5.91 Å². The number of hydrogen-bond donors (Lipinski definition) is 1. The van der Waals surface area contributed by atoms with E-state index in [4.69, 9.17) is 44.0 Å². The highest BCUT2D eigenvalue weighted by Gasteiger charge is 2.11. The van der Waals surface area contributed by atoms with E-state index >= 15 is 0 Å². The summed E-state index contributed by atoms with van der Waals surface area (Å²) in [6.45, 7) is 4.08. The Kier molecular flexibility index (Phi) is 7.43. The molecule has 1 heterocycles. The van der Waals surface area contributed by atoms with Gasteiger partial charge in [0.1, 0.15) is 17.3 Å². The summed E-state index contributed by atoms with van der Waals surface area (Å²) in [5.41, 5.74) is 4.20. The lowest BCUT2D eigenvalue weighted by atomic mass is 10.0. The third-order valence-electron chi connectivity index (χ3n) is 4.20. The summed E-state index contributed by atoms with van der Waals surface area (Å²) in [5, 5.41) is 5.01. The third kappa shape index (κ3) is 5.79. The van der Waals surface area contributed by atoms with Gasteiger partial charge in [-0.25, -0.2) is 5.43 Å². The van der Waals surface area contributed by atoms with E-state index in [1.165, 1.54) is 11.8 Å². The van der Waals surface area contributed by atoms with Crippen molar-refractivity contribution in [2.24, 2.45) is 5.10 Å². The van der Waals surface area contributed by atoms with Crippen LogP contribution in [0.1, 0.15) is 31.1 Å². The molecule has 30 heavy (non-hydrogen) atoms. The van der Waals surface area contributed by atoms with Crippen LogP contribution in [0.25, 0.3) is 11.3 Å². The number of halogens is 3. The number of furan rings is 1. The van der Waals surface area contributed by atoms with E-state index in [-0.39, 0.29) is 6.61 Å². The highest BCUT2D eigenvalue weighted by atomic mass is 35.5. The van der Waals surface area contributed by atoms with Gasteiger partial charge in [-0.1, -0.05) is 60.8 Å². The molecule has 0 aliphatic carbocycles. The molecule has 0 saturated carbocycles. The lowest BCUT2D eigenvalue weighted by Gasteiger charge is -2.08. The first-order chi connectivity index (χ1) is 14.3. The van der Waals surface area contributed by atoms with Crippen LogP contribution < -0.4 is 10.2 Å². The van der Waals surface area contributed by atoms with Gasteiger partial charge < -0.3 is 9.15 Å². The van der Waals surface area contributed by atoms with Crippen LogP contribution >= 0.6 is 34.8 Å². The van der Waals surface area contributed by atoms with Gasteiger partial charge in [0.15, 0.2) is 6.61 Å². The molecule has 0 fully saturated rings. The largest absolute Gasteiger partial charge is 0.484 e.